The summed E-state index contributed by atoms with van der Waals surface area (Å²) in [5, 5.41) is 3.38. The Hall–Kier alpha value is -3.17. The molecule has 3 aliphatic heterocycles. The van der Waals surface area contributed by atoms with E-state index in [-0.39, 0.29) is 11.0 Å². The van der Waals surface area contributed by atoms with Crippen LogP contribution in [0.25, 0.3) is 0 Å². The molecule has 9 heteroatoms. The van der Waals surface area contributed by atoms with Gasteiger partial charge in [-0.1, -0.05) is 36.4 Å². The summed E-state index contributed by atoms with van der Waals surface area (Å²) in [6.45, 7) is 3.94. The first kappa shape index (κ1) is 28.0. The van der Waals surface area contributed by atoms with Crippen LogP contribution >= 0.6 is 0 Å². The first-order valence-corrected chi connectivity index (χ1v) is 14.2. The second kappa shape index (κ2) is 10.9. The zero-order chi connectivity index (χ0) is 28.8. The van der Waals surface area contributed by atoms with Gasteiger partial charge in [-0.2, -0.15) is 13.2 Å². The van der Waals surface area contributed by atoms with Crippen LogP contribution in [0, 0.1) is 17.0 Å². The highest BCUT2D eigenvalue weighted by atomic mass is 19.4. The van der Waals surface area contributed by atoms with E-state index in [9.17, 15) is 13.2 Å². The molecule has 0 aliphatic carbocycles. The van der Waals surface area contributed by atoms with Crippen LogP contribution in [-0.2, 0) is 13.0 Å². The normalized spacial score (nSPS) is 24.7. The van der Waals surface area contributed by atoms with Crippen LogP contribution in [0.15, 0.2) is 60.7 Å². The molecule has 0 amide bonds. The first-order valence-electron chi connectivity index (χ1n) is 14.2. The molecule has 41 heavy (non-hydrogen) atoms. The van der Waals surface area contributed by atoms with Crippen molar-refractivity contribution in [1.29, 1.82) is 0 Å². The van der Waals surface area contributed by atoms with Crippen molar-refractivity contribution in [2.24, 2.45) is 5.41 Å². The van der Waals surface area contributed by atoms with E-state index in [1.54, 1.807) is 25.1 Å². The summed E-state index contributed by atoms with van der Waals surface area (Å²) in [5.74, 6) is -1.09. The van der Waals surface area contributed by atoms with Gasteiger partial charge in [0.15, 0.2) is 0 Å². The Morgan fingerprint density at radius 3 is 2.44 bits per heavy atom. The van der Waals surface area contributed by atoms with Crippen molar-refractivity contribution in [2.75, 3.05) is 37.6 Å². The van der Waals surface area contributed by atoms with E-state index in [0.717, 1.165) is 37.1 Å². The van der Waals surface area contributed by atoms with E-state index < -0.39 is 36.4 Å². The molecule has 3 atom stereocenters. The average molecular weight is 572 g/mol. The maximum atomic E-state index is 15.9. The summed E-state index contributed by atoms with van der Waals surface area (Å²) in [5.41, 5.74) is 2.35. The number of hydrogen-bond acceptors (Lipinski definition) is 4. The van der Waals surface area contributed by atoms with Gasteiger partial charge in [-0.05, 0) is 73.7 Å². The van der Waals surface area contributed by atoms with Crippen LogP contribution in [0.2, 0.25) is 0 Å². The third-order valence-corrected chi connectivity index (χ3v) is 8.91. The van der Waals surface area contributed by atoms with Crippen molar-refractivity contribution in [2.45, 2.75) is 51.1 Å². The number of ether oxygens (including phenoxy) is 1. The third-order valence-electron chi connectivity index (χ3n) is 8.91. The van der Waals surface area contributed by atoms with Crippen LogP contribution in [0.1, 0.15) is 48.1 Å². The maximum Gasteiger partial charge on any atom is 0.401 e. The van der Waals surface area contributed by atoms with E-state index in [1.165, 1.54) is 17.0 Å². The fraction of sp³-hybridized carbons (Fsp3) is 0.438. The zero-order valence-corrected chi connectivity index (χ0v) is 23.0. The molecule has 0 bridgehead atoms. The molecule has 2 saturated heterocycles. The minimum absolute atomic E-state index is 0.104. The van der Waals surface area contributed by atoms with E-state index in [2.05, 4.69) is 5.32 Å². The molecule has 1 spiro atoms. The number of anilines is 1. The van der Waals surface area contributed by atoms with E-state index >= 15 is 8.78 Å². The van der Waals surface area contributed by atoms with E-state index in [1.807, 2.05) is 35.2 Å². The zero-order valence-electron chi connectivity index (χ0n) is 23.0. The van der Waals surface area contributed by atoms with Crippen molar-refractivity contribution in [3.8, 4) is 5.75 Å². The summed E-state index contributed by atoms with van der Waals surface area (Å²) in [4.78, 5) is 3.16. The Morgan fingerprint density at radius 1 is 1.00 bits per heavy atom. The molecule has 3 aromatic rings. The minimum Gasteiger partial charge on any atom is -0.489 e. The van der Waals surface area contributed by atoms with Gasteiger partial charge >= 0.3 is 6.18 Å². The van der Waals surface area contributed by atoms with Gasteiger partial charge in [-0.15, -0.1) is 0 Å². The van der Waals surface area contributed by atoms with Crippen molar-refractivity contribution in [1.82, 2.24) is 10.2 Å². The number of fused-ring (bicyclic) bond motifs is 1. The van der Waals surface area contributed by atoms with Gasteiger partial charge in [0, 0.05) is 42.3 Å². The minimum atomic E-state index is -4.53. The lowest BCUT2D eigenvalue weighted by Gasteiger charge is -2.42. The van der Waals surface area contributed by atoms with Crippen LogP contribution in [0.5, 0.6) is 5.75 Å². The van der Waals surface area contributed by atoms with Crippen molar-refractivity contribution in [3.63, 3.8) is 0 Å². The molecule has 3 aliphatic rings. The summed E-state index contributed by atoms with van der Waals surface area (Å²) >= 11 is 0. The number of nitrogens with one attached hydrogen (secondary N) is 1. The molecule has 218 valence electrons. The highest BCUT2D eigenvalue weighted by Gasteiger charge is 2.44. The number of alkyl halides is 3. The second-order valence-electron chi connectivity index (χ2n) is 11.8. The molecule has 1 N–H and O–H groups in total. The smallest absolute Gasteiger partial charge is 0.401 e. The fourth-order valence-corrected chi connectivity index (χ4v) is 6.81. The molecule has 3 aromatic carbocycles. The lowest BCUT2D eigenvalue weighted by molar-refractivity contribution is -0.155. The third kappa shape index (κ3) is 5.79. The molecule has 0 aromatic heterocycles. The molecule has 0 saturated carbocycles. The van der Waals surface area contributed by atoms with Gasteiger partial charge in [0.05, 0.1) is 12.6 Å². The Labute approximate surface area is 237 Å². The highest BCUT2D eigenvalue weighted by molar-refractivity contribution is 5.53. The van der Waals surface area contributed by atoms with Gasteiger partial charge in [0.2, 0.25) is 0 Å². The highest BCUT2D eigenvalue weighted by Crippen LogP contribution is 2.44. The molecule has 2 unspecified atom stereocenters. The molecular weight excluding hydrogens is 537 g/mol. The quantitative estimate of drug-likeness (QED) is 0.336. The number of nitrogens with zero attached hydrogens (tertiary/aromatic N) is 2. The Morgan fingerprint density at radius 2 is 1.76 bits per heavy atom. The SMILES string of the molecule is C[C@@H]1Cc2cc(OCc3ccccc3)ccc2C(c2c(F)cc(N3CCC4(CCNC4)C3)cc2F)N1CC(F)(F)F. The van der Waals surface area contributed by atoms with Crippen molar-refractivity contribution < 1.29 is 26.7 Å². The number of rotatable bonds is 6. The summed E-state index contributed by atoms with van der Waals surface area (Å²) in [6, 6.07) is 15.5. The van der Waals surface area contributed by atoms with Gasteiger partial charge in [-0.25, -0.2) is 8.78 Å². The summed E-state index contributed by atoms with van der Waals surface area (Å²) < 4.78 is 79.1. The van der Waals surface area contributed by atoms with Crippen molar-refractivity contribution >= 4 is 5.69 Å². The monoisotopic (exact) mass is 571 g/mol. The summed E-state index contributed by atoms with van der Waals surface area (Å²) in [6.07, 6.45) is -2.27. The lowest BCUT2D eigenvalue weighted by Crippen LogP contribution is -2.47. The lowest BCUT2D eigenvalue weighted by atomic mass is 9.84. The van der Waals surface area contributed by atoms with E-state index in [4.69, 9.17) is 4.74 Å². The average Bonchev–Trinajstić information content (AvgIpc) is 3.58. The topological polar surface area (TPSA) is 27.7 Å². The van der Waals surface area contributed by atoms with Crippen LogP contribution < -0.4 is 15.0 Å². The van der Waals surface area contributed by atoms with Gasteiger partial charge < -0.3 is 15.0 Å². The maximum absolute atomic E-state index is 15.9. The molecular formula is C32H34F5N3O. The first-order chi connectivity index (χ1) is 19.6. The van der Waals surface area contributed by atoms with Gasteiger partial charge in [0.1, 0.15) is 24.0 Å². The Balaban J connectivity index is 1.34. The summed E-state index contributed by atoms with van der Waals surface area (Å²) in [7, 11) is 0. The standard InChI is InChI=1S/C32H34F5N3O/c1-21-13-23-14-25(41-17-22-5-3-2-4-6-22)7-8-26(23)30(40(21)20-32(35,36)37)29-27(33)15-24(16-28(29)34)39-12-10-31(19-39)9-11-38-18-31/h2-8,14-16,21,30,38H,9-13,17-20H2,1H3/t21-,30?,31?/m1/s1. The molecule has 0 radical (unpaired) electrons. The number of benzene rings is 3. The molecule has 6 rings (SSSR count). The number of hydrogen-bond donors (Lipinski definition) is 1. The molecule has 2 fully saturated rings. The predicted molar refractivity (Wildman–Crippen MR) is 148 cm³/mol. The fourth-order valence-electron chi connectivity index (χ4n) is 6.81. The van der Waals surface area contributed by atoms with Crippen molar-refractivity contribution in [3.05, 3.63) is 94.6 Å². The largest absolute Gasteiger partial charge is 0.489 e. The molecule has 4 nitrogen and oxygen atoms in total. The van der Waals surface area contributed by atoms with E-state index in [0.29, 0.717) is 43.1 Å². The van der Waals surface area contributed by atoms with Crippen LogP contribution in [-0.4, -0.2) is 49.8 Å². The van der Waals surface area contributed by atoms with Gasteiger partial charge in [0.25, 0.3) is 0 Å². The number of halogens is 5. The van der Waals surface area contributed by atoms with Crippen LogP contribution in [0.4, 0.5) is 27.6 Å². The Kier molecular flexibility index (Phi) is 7.44. The Bertz CT molecular complexity index is 1370. The molecule has 3 heterocycles. The van der Waals surface area contributed by atoms with Gasteiger partial charge in [-0.3, -0.25) is 4.90 Å². The predicted octanol–water partition coefficient (Wildman–Crippen LogP) is 6.63. The second-order valence-corrected chi connectivity index (χ2v) is 11.8. The van der Waals surface area contributed by atoms with Crippen LogP contribution in [0.3, 0.4) is 0 Å².